The molecule has 0 amide bonds. The Kier molecular flexibility index (Phi) is 7.12. The number of carbonyl (C=O) groups is 1. The van der Waals surface area contributed by atoms with E-state index in [-0.39, 0.29) is 0 Å². The van der Waals surface area contributed by atoms with Crippen molar-refractivity contribution in [2.24, 2.45) is 5.92 Å². The molecule has 0 bridgehead atoms. The first-order chi connectivity index (χ1) is 7.49. The zero-order valence-corrected chi connectivity index (χ0v) is 10.2. The smallest absolute Gasteiger partial charge is 0.293 e. The molecule has 0 saturated carbocycles. The fraction of sp³-hybridized carbons (Fsp3) is 0.364. The molecule has 90 valence electrons. The third-order valence-corrected chi connectivity index (χ3v) is 1.99. The van der Waals surface area contributed by atoms with Gasteiger partial charge in [0, 0.05) is 0 Å². The highest BCUT2D eigenvalue weighted by Crippen LogP contribution is 2.24. The van der Waals surface area contributed by atoms with Crippen LogP contribution in [0.5, 0.6) is 0 Å². The van der Waals surface area contributed by atoms with Crippen LogP contribution < -0.4 is 11.5 Å². The number of hydrogen-bond acceptors (Lipinski definition) is 4. The maximum atomic E-state index is 9.49. The number of benzene rings is 1. The maximum absolute atomic E-state index is 9.49. The van der Waals surface area contributed by atoms with Crippen LogP contribution in [-0.2, 0) is 9.53 Å². The van der Waals surface area contributed by atoms with Gasteiger partial charge in [0.15, 0.2) is 0 Å². The second-order valence-corrected chi connectivity index (χ2v) is 3.95. The van der Waals surface area contributed by atoms with E-state index < -0.39 is 0 Å². The second-order valence-electron chi connectivity index (χ2n) is 3.57. The van der Waals surface area contributed by atoms with Gasteiger partial charge in [0.25, 0.3) is 6.47 Å². The first-order valence-electron chi connectivity index (χ1n) is 4.83. The Morgan fingerprint density at radius 1 is 1.38 bits per heavy atom. The molecule has 0 spiro atoms. The lowest BCUT2D eigenvalue weighted by Gasteiger charge is -1.98. The lowest BCUT2D eigenvalue weighted by molar-refractivity contribution is -0.129. The van der Waals surface area contributed by atoms with Gasteiger partial charge in [0.05, 0.1) is 23.0 Å². The molecule has 0 aliphatic heterocycles. The van der Waals surface area contributed by atoms with Crippen molar-refractivity contribution in [3.05, 3.63) is 23.2 Å². The van der Waals surface area contributed by atoms with Crippen molar-refractivity contribution in [1.82, 2.24) is 0 Å². The number of rotatable bonds is 3. The van der Waals surface area contributed by atoms with E-state index in [1.54, 1.807) is 18.2 Å². The molecule has 5 heteroatoms. The standard InChI is InChI=1S/C6H7ClN2.C5H10O2/c7-6-4(8)2-1-3-5(6)9;1-5(2)3-7-4-6/h1-3H,8-9H2;4-5H,3H2,1-2H3. The quantitative estimate of drug-likeness (QED) is 0.632. The molecule has 0 fully saturated rings. The van der Waals surface area contributed by atoms with Crippen LogP contribution >= 0.6 is 11.6 Å². The Hall–Kier alpha value is -1.42. The Bertz CT molecular complexity index is 310. The molecule has 0 unspecified atom stereocenters. The minimum absolute atomic E-state index is 0.442. The first-order valence-corrected chi connectivity index (χ1v) is 5.21. The van der Waals surface area contributed by atoms with Gasteiger partial charge >= 0.3 is 0 Å². The van der Waals surface area contributed by atoms with Gasteiger partial charge in [-0.25, -0.2) is 0 Å². The fourth-order valence-electron chi connectivity index (χ4n) is 0.800. The van der Waals surface area contributed by atoms with Gasteiger partial charge in [-0.1, -0.05) is 31.5 Å². The van der Waals surface area contributed by atoms with Gasteiger partial charge in [-0.2, -0.15) is 0 Å². The van der Waals surface area contributed by atoms with E-state index in [0.29, 0.717) is 35.4 Å². The minimum Gasteiger partial charge on any atom is -0.468 e. The second kappa shape index (κ2) is 7.82. The summed E-state index contributed by atoms with van der Waals surface area (Å²) in [5.41, 5.74) is 11.9. The first kappa shape index (κ1) is 14.6. The van der Waals surface area contributed by atoms with Crippen LogP contribution in [0.25, 0.3) is 0 Å². The summed E-state index contributed by atoms with van der Waals surface area (Å²) < 4.78 is 4.41. The maximum Gasteiger partial charge on any atom is 0.293 e. The van der Waals surface area contributed by atoms with Gasteiger partial charge in [0.2, 0.25) is 0 Å². The molecule has 0 heterocycles. The Labute approximate surface area is 101 Å². The van der Waals surface area contributed by atoms with E-state index in [1.807, 2.05) is 13.8 Å². The van der Waals surface area contributed by atoms with Crippen molar-refractivity contribution in [3.63, 3.8) is 0 Å². The van der Waals surface area contributed by atoms with E-state index in [9.17, 15) is 4.79 Å². The lowest BCUT2D eigenvalue weighted by atomic mass is 10.2. The zero-order chi connectivity index (χ0) is 12.6. The Morgan fingerprint density at radius 3 is 2.12 bits per heavy atom. The number of anilines is 2. The topological polar surface area (TPSA) is 78.3 Å². The SMILES string of the molecule is CC(C)COC=O.Nc1cccc(N)c1Cl. The van der Waals surface area contributed by atoms with Crippen molar-refractivity contribution in [3.8, 4) is 0 Å². The molecule has 1 rings (SSSR count). The van der Waals surface area contributed by atoms with Gasteiger partial charge in [-0.3, -0.25) is 4.79 Å². The normalized spacial score (nSPS) is 9.25. The van der Waals surface area contributed by atoms with Crippen molar-refractivity contribution < 1.29 is 9.53 Å². The highest BCUT2D eigenvalue weighted by molar-refractivity contribution is 6.35. The van der Waals surface area contributed by atoms with Crippen LogP contribution in [0, 0.1) is 5.92 Å². The summed E-state index contributed by atoms with van der Waals surface area (Å²) in [5, 5.41) is 0.442. The van der Waals surface area contributed by atoms with Crippen LogP contribution in [0.1, 0.15) is 13.8 Å². The summed E-state index contributed by atoms with van der Waals surface area (Å²) in [5.74, 6) is 0.449. The Morgan fingerprint density at radius 2 is 1.88 bits per heavy atom. The Balaban J connectivity index is 0.000000293. The number of nitrogen functional groups attached to an aromatic ring is 2. The summed E-state index contributed by atoms with van der Waals surface area (Å²) in [6, 6.07) is 5.17. The van der Waals surface area contributed by atoms with E-state index in [4.69, 9.17) is 23.1 Å². The molecule has 0 saturated heterocycles. The van der Waals surface area contributed by atoms with Gasteiger partial charge in [-0.05, 0) is 18.1 Å². The molecule has 0 aliphatic carbocycles. The number of hydrogen-bond donors (Lipinski definition) is 2. The lowest BCUT2D eigenvalue weighted by Crippen LogP contribution is -1.98. The predicted octanol–water partition coefficient (Wildman–Crippen LogP) is 2.32. The molecule has 4 N–H and O–H groups in total. The summed E-state index contributed by atoms with van der Waals surface area (Å²) in [6.45, 7) is 4.98. The van der Waals surface area contributed by atoms with Crippen molar-refractivity contribution >= 4 is 29.4 Å². The highest BCUT2D eigenvalue weighted by atomic mass is 35.5. The van der Waals surface area contributed by atoms with Crippen molar-refractivity contribution in [1.29, 1.82) is 0 Å². The molecular weight excluding hydrogens is 228 g/mol. The van der Waals surface area contributed by atoms with E-state index >= 15 is 0 Å². The number of halogens is 1. The molecule has 4 nitrogen and oxygen atoms in total. The summed E-state index contributed by atoms with van der Waals surface area (Å²) >= 11 is 5.63. The molecular formula is C11H17ClN2O2. The number of carbonyl (C=O) groups excluding carboxylic acids is 1. The molecule has 0 radical (unpaired) electrons. The van der Waals surface area contributed by atoms with Gasteiger partial charge < -0.3 is 16.2 Å². The van der Waals surface area contributed by atoms with Crippen LogP contribution in [0.2, 0.25) is 5.02 Å². The molecule has 0 atom stereocenters. The third-order valence-electron chi connectivity index (χ3n) is 1.56. The number of nitrogens with two attached hydrogens (primary N) is 2. The third kappa shape index (κ3) is 6.14. The van der Waals surface area contributed by atoms with E-state index in [2.05, 4.69) is 4.74 Å². The molecule has 1 aromatic carbocycles. The zero-order valence-electron chi connectivity index (χ0n) is 9.44. The monoisotopic (exact) mass is 244 g/mol. The highest BCUT2D eigenvalue weighted by Gasteiger charge is 1.96. The summed E-state index contributed by atoms with van der Waals surface area (Å²) in [4.78, 5) is 9.49. The number of ether oxygens (including phenoxy) is 1. The van der Waals surface area contributed by atoms with E-state index in [0.717, 1.165) is 0 Å². The van der Waals surface area contributed by atoms with Gasteiger partial charge in [-0.15, -0.1) is 0 Å². The van der Waals surface area contributed by atoms with E-state index in [1.165, 1.54) is 0 Å². The minimum atomic E-state index is 0.442. The summed E-state index contributed by atoms with van der Waals surface area (Å²) in [6.07, 6.45) is 0. The van der Waals surface area contributed by atoms with Crippen LogP contribution in [0.3, 0.4) is 0 Å². The average Bonchev–Trinajstić information content (AvgIpc) is 2.24. The van der Waals surface area contributed by atoms with Crippen LogP contribution in [0.4, 0.5) is 11.4 Å². The summed E-state index contributed by atoms with van der Waals surface area (Å²) in [7, 11) is 0. The average molecular weight is 245 g/mol. The molecule has 1 aromatic rings. The van der Waals surface area contributed by atoms with Crippen LogP contribution in [0.15, 0.2) is 18.2 Å². The van der Waals surface area contributed by atoms with Crippen molar-refractivity contribution in [2.75, 3.05) is 18.1 Å². The molecule has 0 aliphatic rings. The molecule has 0 aromatic heterocycles. The fourth-order valence-corrected chi connectivity index (χ4v) is 0.926. The predicted molar refractivity (Wildman–Crippen MR) is 67.1 cm³/mol. The largest absolute Gasteiger partial charge is 0.468 e. The van der Waals surface area contributed by atoms with Crippen molar-refractivity contribution in [2.45, 2.75) is 13.8 Å². The molecule has 16 heavy (non-hydrogen) atoms. The van der Waals surface area contributed by atoms with Crippen LogP contribution in [-0.4, -0.2) is 13.1 Å². The van der Waals surface area contributed by atoms with Gasteiger partial charge in [0.1, 0.15) is 0 Å².